The predicted octanol–water partition coefficient (Wildman–Crippen LogP) is 2.91. The van der Waals surface area contributed by atoms with Gasteiger partial charge >= 0.3 is 0 Å². The molecule has 0 aliphatic carbocycles. The molecule has 1 fully saturated rings. The number of nitrogens with zero attached hydrogens (tertiary/aromatic N) is 1. The Balaban J connectivity index is 1.49. The normalized spacial score (nSPS) is 14.7. The van der Waals surface area contributed by atoms with Gasteiger partial charge < -0.3 is 19.7 Å². The monoisotopic (exact) mass is 368 g/mol. The first-order valence-electron chi connectivity index (χ1n) is 9.04. The van der Waals surface area contributed by atoms with Crippen molar-refractivity contribution in [2.45, 2.75) is 32.4 Å². The van der Waals surface area contributed by atoms with Crippen molar-refractivity contribution in [3.05, 3.63) is 54.1 Å². The Morgan fingerprint density at radius 3 is 2.37 bits per heavy atom. The van der Waals surface area contributed by atoms with E-state index in [1.165, 1.54) is 0 Å². The second-order valence-corrected chi connectivity index (χ2v) is 6.47. The number of rotatable bonds is 7. The van der Waals surface area contributed by atoms with Crippen LogP contribution in [0.5, 0.6) is 11.5 Å². The number of anilines is 1. The van der Waals surface area contributed by atoms with Crippen LogP contribution in [0.4, 0.5) is 5.69 Å². The van der Waals surface area contributed by atoms with Crippen molar-refractivity contribution in [1.82, 2.24) is 5.32 Å². The van der Waals surface area contributed by atoms with Gasteiger partial charge in [0.25, 0.3) is 5.91 Å². The molecule has 1 aliphatic heterocycles. The molecule has 0 bridgehead atoms. The second kappa shape index (κ2) is 8.58. The lowest BCUT2D eigenvalue weighted by atomic mass is 10.2. The van der Waals surface area contributed by atoms with Crippen molar-refractivity contribution in [1.29, 1.82) is 0 Å². The highest BCUT2D eigenvalue weighted by atomic mass is 16.5. The van der Waals surface area contributed by atoms with E-state index in [0.717, 1.165) is 30.0 Å². The van der Waals surface area contributed by atoms with Gasteiger partial charge in [-0.3, -0.25) is 9.59 Å². The summed E-state index contributed by atoms with van der Waals surface area (Å²) in [6.45, 7) is 2.89. The van der Waals surface area contributed by atoms with Crippen LogP contribution in [0.2, 0.25) is 0 Å². The second-order valence-electron chi connectivity index (χ2n) is 6.47. The lowest BCUT2D eigenvalue weighted by Gasteiger charge is -2.17. The zero-order chi connectivity index (χ0) is 19.2. The number of carbonyl (C=O) groups excluding carboxylic acids is 2. The molecule has 2 amide bonds. The largest absolute Gasteiger partial charge is 0.497 e. The molecule has 1 N–H and O–H groups in total. The van der Waals surface area contributed by atoms with Crippen LogP contribution in [0.1, 0.15) is 25.3 Å². The lowest BCUT2D eigenvalue weighted by molar-refractivity contribution is -0.127. The molecule has 6 nitrogen and oxygen atoms in total. The van der Waals surface area contributed by atoms with Gasteiger partial charge in [0.2, 0.25) is 5.91 Å². The van der Waals surface area contributed by atoms with Crippen LogP contribution in [-0.2, 0) is 16.1 Å². The maximum absolute atomic E-state index is 12.2. The van der Waals surface area contributed by atoms with Gasteiger partial charge in [0, 0.05) is 25.2 Å². The molecule has 0 saturated carbocycles. The maximum Gasteiger partial charge on any atom is 0.261 e. The van der Waals surface area contributed by atoms with E-state index < -0.39 is 6.10 Å². The number of ether oxygens (including phenoxy) is 2. The van der Waals surface area contributed by atoms with E-state index in [2.05, 4.69) is 5.32 Å². The van der Waals surface area contributed by atoms with E-state index in [-0.39, 0.29) is 11.8 Å². The van der Waals surface area contributed by atoms with Gasteiger partial charge in [0.1, 0.15) is 11.5 Å². The number of nitrogens with one attached hydrogen (secondary N) is 1. The minimum atomic E-state index is -0.611. The van der Waals surface area contributed by atoms with Crippen LogP contribution >= 0.6 is 0 Å². The molecule has 1 heterocycles. The van der Waals surface area contributed by atoms with Crippen LogP contribution in [0.15, 0.2) is 48.5 Å². The third-order valence-electron chi connectivity index (χ3n) is 4.53. The quantitative estimate of drug-likeness (QED) is 0.816. The first-order valence-corrected chi connectivity index (χ1v) is 9.04. The number of hydrogen-bond donors (Lipinski definition) is 1. The molecule has 1 unspecified atom stereocenters. The molecule has 1 atom stereocenters. The Labute approximate surface area is 159 Å². The van der Waals surface area contributed by atoms with Crippen molar-refractivity contribution >= 4 is 17.5 Å². The highest BCUT2D eigenvalue weighted by Crippen LogP contribution is 2.21. The number of methoxy groups -OCH3 is 1. The van der Waals surface area contributed by atoms with Gasteiger partial charge in [0.05, 0.1) is 7.11 Å². The van der Waals surface area contributed by atoms with Crippen LogP contribution in [-0.4, -0.2) is 31.6 Å². The fourth-order valence-electron chi connectivity index (χ4n) is 2.96. The average Bonchev–Trinajstić information content (AvgIpc) is 3.13. The highest BCUT2D eigenvalue weighted by Gasteiger charge is 2.21. The molecule has 3 rings (SSSR count). The summed E-state index contributed by atoms with van der Waals surface area (Å²) in [7, 11) is 1.60. The van der Waals surface area contributed by atoms with Gasteiger partial charge in [0.15, 0.2) is 6.10 Å². The summed E-state index contributed by atoms with van der Waals surface area (Å²) < 4.78 is 10.8. The molecule has 0 aromatic heterocycles. The summed E-state index contributed by atoms with van der Waals surface area (Å²) in [5, 5.41) is 2.87. The van der Waals surface area contributed by atoms with E-state index in [9.17, 15) is 9.59 Å². The molecule has 27 heavy (non-hydrogen) atoms. The summed E-state index contributed by atoms with van der Waals surface area (Å²) in [5.41, 5.74) is 1.87. The Hall–Kier alpha value is -3.02. The Kier molecular flexibility index (Phi) is 5.96. The fourth-order valence-corrected chi connectivity index (χ4v) is 2.96. The summed E-state index contributed by atoms with van der Waals surface area (Å²) >= 11 is 0. The van der Waals surface area contributed by atoms with Crippen molar-refractivity contribution in [3.63, 3.8) is 0 Å². The SMILES string of the molecule is COc1ccc(OC(C)C(=O)NCc2ccc(N3CCCC3=O)cc2)cc1. The van der Waals surface area contributed by atoms with Crippen molar-refractivity contribution in [3.8, 4) is 11.5 Å². The van der Waals surface area contributed by atoms with Gasteiger partial charge in [-0.25, -0.2) is 0 Å². The molecule has 2 aromatic carbocycles. The summed E-state index contributed by atoms with van der Waals surface area (Å²) in [4.78, 5) is 25.8. The zero-order valence-corrected chi connectivity index (χ0v) is 15.6. The molecule has 2 aromatic rings. The van der Waals surface area contributed by atoms with Gasteiger partial charge in [-0.05, 0) is 55.3 Å². The van der Waals surface area contributed by atoms with Gasteiger partial charge in [-0.15, -0.1) is 0 Å². The van der Waals surface area contributed by atoms with Crippen molar-refractivity contribution in [2.75, 3.05) is 18.6 Å². The third-order valence-corrected chi connectivity index (χ3v) is 4.53. The Morgan fingerprint density at radius 2 is 1.78 bits per heavy atom. The molecule has 0 radical (unpaired) electrons. The number of carbonyl (C=O) groups is 2. The van der Waals surface area contributed by atoms with E-state index in [1.807, 2.05) is 24.3 Å². The van der Waals surface area contributed by atoms with Crippen LogP contribution in [0.3, 0.4) is 0 Å². The molecular formula is C21H24N2O4. The van der Waals surface area contributed by atoms with E-state index >= 15 is 0 Å². The fraction of sp³-hybridized carbons (Fsp3) is 0.333. The molecule has 1 aliphatic rings. The zero-order valence-electron chi connectivity index (χ0n) is 15.6. The minimum Gasteiger partial charge on any atom is -0.497 e. The van der Waals surface area contributed by atoms with Crippen LogP contribution in [0, 0.1) is 0 Å². The summed E-state index contributed by atoms with van der Waals surface area (Å²) in [6.07, 6.45) is 0.909. The molecule has 0 spiro atoms. The Bertz CT molecular complexity index is 787. The molecule has 1 saturated heterocycles. The van der Waals surface area contributed by atoms with Crippen LogP contribution in [0.25, 0.3) is 0 Å². The highest BCUT2D eigenvalue weighted by molar-refractivity contribution is 5.95. The van der Waals surface area contributed by atoms with Crippen molar-refractivity contribution < 1.29 is 19.1 Å². The van der Waals surface area contributed by atoms with E-state index in [4.69, 9.17) is 9.47 Å². The molecule has 142 valence electrons. The van der Waals surface area contributed by atoms with E-state index in [0.29, 0.717) is 18.7 Å². The first kappa shape index (κ1) is 18.8. The average molecular weight is 368 g/mol. The summed E-state index contributed by atoms with van der Waals surface area (Å²) in [5.74, 6) is 1.32. The molecule has 6 heteroatoms. The predicted molar refractivity (Wildman–Crippen MR) is 103 cm³/mol. The van der Waals surface area contributed by atoms with Gasteiger partial charge in [-0.1, -0.05) is 12.1 Å². The number of hydrogen-bond acceptors (Lipinski definition) is 4. The standard InChI is InChI=1S/C21H24N2O4/c1-15(27-19-11-9-18(26-2)10-12-19)21(25)22-14-16-5-7-17(8-6-16)23-13-3-4-20(23)24/h5-12,15H,3-4,13-14H2,1-2H3,(H,22,25). The topological polar surface area (TPSA) is 67.9 Å². The third kappa shape index (κ3) is 4.78. The number of benzene rings is 2. The maximum atomic E-state index is 12.2. The van der Waals surface area contributed by atoms with E-state index in [1.54, 1.807) is 43.2 Å². The molecular weight excluding hydrogens is 344 g/mol. The Morgan fingerprint density at radius 1 is 1.11 bits per heavy atom. The lowest BCUT2D eigenvalue weighted by Crippen LogP contribution is -2.35. The first-order chi connectivity index (χ1) is 13.1. The smallest absolute Gasteiger partial charge is 0.261 e. The van der Waals surface area contributed by atoms with Crippen molar-refractivity contribution in [2.24, 2.45) is 0 Å². The summed E-state index contributed by atoms with van der Waals surface area (Å²) in [6, 6.07) is 14.8. The van der Waals surface area contributed by atoms with Gasteiger partial charge in [-0.2, -0.15) is 0 Å². The van der Waals surface area contributed by atoms with Crippen LogP contribution < -0.4 is 19.7 Å². The number of amides is 2. The minimum absolute atomic E-state index is 0.167.